The molecule has 0 amide bonds. The van der Waals surface area contributed by atoms with E-state index in [-0.39, 0.29) is 17.6 Å². The molecule has 2 unspecified atom stereocenters. The molecular formula is C13H23NO. The lowest BCUT2D eigenvalue weighted by Gasteiger charge is -2.16. The van der Waals surface area contributed by atoms with Gasteiger partial charge in [0.05, 0.1) is 6.07 Å². The highest BCUT2D eigenvalue weighted by atomic mass is 16.1. The topological polar surface area (TPSA) is 40.9 Å². The van der Waals surface area contributed by atoms with Crippen LogP contribution in [0.3, 0.4) is 0 Å². The maximum atomic E-state index is 12.0. The molecule has 2 heteroatoms. The number of nitrogens with zero attached hydrogens (tertiary/aromatic N) is 1. The average Bonchev–Trinajstić information content (AvgIpc) is 2.26. The zero-order valence-electron chi connectivity index (χ0n) is 10.3. The minimum Gasteiger partial charge on any atom is -0.298 e. The minimum absolute atomic E-state index is 0.112. The molecule has 0 fully saturated rings. The van der Waals surface area contributed by atoms with Crippen molar-refractivity contribution < 1.29 is 4.79 Å². The fourth-order valence-electron chi connectivity index (χ4n) is 1.84. The predicted molar refractivity (Wildman–Crippen MR) is 62.3 cm³/mol. The van der Waals surface area contributed by atoms with Crippen molar-refractivity contribution in [3.63, 3.8) is 0 Å². The molecule has 0 N–H and O–H groups in total. The highest BCUT2D eigenvalue weighted by molar-refractivity contribution is 5.85. The average molecular weight is 209 g/mol. The van der Waals surface area contributed by atoms with Gasteiger partial charge in [0.1, 0.15) is 5.92 Å². The van der Waals surface area contributed by atoms with Gasteiger partial charge in [-0.1, -0.05) is 40.0 Å². The molecule has 0 radical (unpaired) electrons. The van der Waals surface area contributed by atoms with E-state index in [9.17, 15) is 4.79 Å². The van der Waals surface area contributed by atoms with E-state index in [2.05, 4.69) is 13.0 Å². The van der Waals surface area contributed by atoms with Gasteiger partial charge >= 0.3 is 0 Å². The van der Waals surface area contributed by atoms with Crippen molar-refractivity contribution in [2.24, 2.45) is 11.8 Å². The van der Waals surface area contributed by atoms with Crippen molar-refractivity contribution in [1.29, 1.82) is 5.26 Å². The summed E-state index contributed by atoms with van der Waals surface area (Å²) in [6.07, 6.45) is 5.67. The smallest absolute Gasteiger partial charge is 0.153 e. The second-order valence-electron chi connectivity index (χ2n) is 4.12. The summed E-state index contributed by atoms with van der Waals surface area (Å²) in [5, 5.41) is 8.93. The molecule has 0 aromatic carbocycles. The van der Waals surface area contributed by atoms with Gasteiger partial charge in [-0.15, -0.1) is 0 Å². The molecule has 0 bridgehead atoms. The Balaban J connectivity index is 4.28. The van der Waals surface area contributed by atoms with Crippen LogP contribution in [0.15, 0.2) is 0 Å². The summed E-state index contributed by atoms with van der Waals surface area (Å²) in [5.74, 6) is -0.0757. The molecule has 0 aliphatic carbocycles. The third-order valence-electron chi connectivity index (χ3n) is 2.88. The van der Waals surface area contributed by atoms with Crippen LogP contribution < -0.4 is 0 Å². The first kappa shape index (κ1) is 14.2. The SMILES string of the molecule is CCCCC(CC)C(=O)C(C#N)CCC. The van der Waals surface area contributed by atoms with Crippen LogP contribution in [-0.4, -0.2) is 5.78 Å². The van der Waals surface area contributed by atoms with Crippen LogP contribution in [0, 0.1) is 23.2 Å². The zero-order chi connectivity index (χ0) is 11.7. The number of rotatable bonds is 8. The molecule has 0 rings (SSSR count). The predicted octanol–water partition coefficient (Wildman–Crippen LogP) is 3.71. The highest BCUT2D eigenvalue weighted by Crippen LogP contribution is 2.20. The third kappa shape index (κ3) is 4.97. The van der Waals surface area contributed by atoms with Gasteiger partial charge in [-0.25, -0.2) is 0 Å². The molecule has 0 heterocycles. The Hall–Kier alpha value is -0.840. The summed E-state index contributed by atoms with van der Waals surface area (Å²) in [7, 11) is 0. The van der Waals surface area contributed by atoms with Crippen LogP contribution in [0.2, 0.25) is 0 Å². The molecule has 15 heavy (non-hydrogen) atoms. The van der Waals surface area contributed by atoms with Crippen LogP contribution in [-0.2, 0) is 4.79 Å². The van der Waals surface area contributed by atoms with E-state index >= 15 is 0 Å². The Bertz CT molecular complexity index is 217. The second-order valence-corrected chi connectivity index (χ2v) is 4.12. The van der Waals surface area contributed by atoms with E-state index in [1.54, 1.807) is 0 Å². The Morgan fingerprint density at radius 2 is 1.87 bits per heavy atom. The lowest BCUT2D eigenvalue weighted by molar-refractivity contribution is -0.125. The van der Waals surface area contributed by atoms with Gasteiger partial charge < -0.3 is 0 Å². The van der Waals surface area contributed by atoms with E-state index in [4.69, 9.17) is 5.26 Å². The summed E-state index contributed by atoms with van der Waals surface area (Å²) in [4.78, 5) is 12.0. The van der Waals surface area contributed by atoms with Crippen molar-refractivity contribution in [1.82, 2.24) is 0 Å². The van der Waals surface area contributed by atoms with E-state index in [1.165, 1.54) is 0 Å². The summed E-state index contributed by atoms with van der Waals surface area (Å²) in [6.45, 7) is 6.19. The second kappa shape index (κ2) is 8.47. The lowest BCUT2D eigenvalue weighted by atomic mass is 9.86. The molecule has 2 atom stereocenters. The number of carbonyl (C=O) groups is 1. The molecule has 0 saturated heterocycles. The monoisotopic (exact) mass is 209 g/mol. The number of hydrogen-bond donors (Lipinski definition) is 0. The van der Waals surface area contributed by atoms with E-state index in [1.807, 2.05) is 13.8 Å². The van der Waals surface area contributed by atoms with Gasteiger partial charge in [0, 0.05) is 5.92 Å². The van der Waals surface area contributed by atoms with Crippen LogP contribution in [0.1, 0.15) is 59.3 Å². The fraction of sp³-hybridized carbons (Fsp3) is 0.846. The third-order valence-corrected chi connectivity index (χ3v) is 2.88. The molecule has 0 aliphatic heterocycles. The fourth-order valence-corrected chi connectivity index (χ4v) is 1.84. The summed E-state index contributed by atoms with van der Waals surface area (Å²) in [5.41, 5.74) is 0. The maximum Gasteiger partial charge on any atom is 0.153 e. The van der Waals surface area contributed by atoms with Gasteiger partial charge in [-0.2, -0.15) is 5.26 Å². The van der Waals surface area contributed by atoms with E-state index < -0.39 is 0 Å². The molecular weight excluding hydrogens is 186 g/mol. The van der Waals surface area contributed by atoms with Crippen molar-refractivity contribution in [2.75, 3.05) is 0 Å². The highest BCUT2D eigenvalue weighted by Gasteiger charge is 2.24. The van der Waals surface area contributed by atoms with Gasteiger partial charge in [0.15, 0.2) is 5.78 Å². The first-order valence-electron chi connectivity index (χ1n) is 6.14. The normalized spacial score (nSPS) is 14.3. The molecule has 0 aromatic heterocycles. The summed E-state index contributed by atoms with van der Waals surface area (Å²) in [6, 6.07) is 2.14. The van der Waals surface area contributed by atoms with E-state index in [0.717, 1.165) is 38.5 Å². The standard InChI is InChI=1S/C13H23NO/c1-4-7-9-11(6-3)13(15)12(10-14)8-5-2/h11-12H,4-9H2,1-3H3. The number of hydrogen-bond acceptors (Lipinski definition) is 2. The minimum atomic E-state index is -0.364. The van der Waals surface area contributed by atoms with Crippen LogP contribution in [0.4, 0.5) is 0 Å². The van der Waals surface area contributed by atoms with Crippen LogP contribution >= 0.6 is 0 Å². The maximum absolute atomic E-state index is 12.0. The zero-order valence-corrected chi connectivity index (χ0v) is 10.3. The first-order chi connectivity index (χ1) is 7.21. The first-order valence-corrected chi connectivity index (χ1v) is 6.14. The Morgan fingerprint density at radius 3 is 2.27 bits per heavy atom. The number of carbonyl (C=O) groups excluding carboxylic acids is 1. The number of ketones is 1. The molecule has 2 nitrogen and oxygen atoms in total. The molecule has 0 saturated carbocycles. The van der Waals surface area contributed by atoms with Crippen molar-refractivity contribution in [3.05, 3.63) is 0 Å². The number of Topliss-reactive ketones (excluding diaryl/α,β-unsaturated/α-hetero) is 1. The molecule has 86 valence electrons. The summed E-state index contributed by atoms with van der Waals surface area (Å²) >= 11 is 0. The van der Waals surface area contributed by atoms with E-state index in [0.29, 0.717) is 0 Å². The van der Waals surface area contributed by atoms with Crippen molar-refractivity contribution in [2.45, 2.75) is 59.3 Å². The Morgan fingerprint density at radius 1 is 1.20 bits per heavy atom. The van der Waals surface area contributed by atoms with Crippen molar-refractivity contribution >= 4 is 5.78 Å². The summed E-state index contributed by atoms with van der Waals surface area (Å²) < 4.78 is 0. The molecule has 0 spiro atoms. The molecule has 0 aliphatic rings. The number of nitriles is 1. The van der Waals surface area contributed by atoms with Gasteiger partial charge in [0.25, 0.3) is 0 Å². The van der Waals surface area contributed by atoms with Crippen LogP contribution in [0.25, 0.3) is 0 Å². The lowest BCUT2D eigenvalue weighted by Crippen LogP contribution is -2.22. The Labute approximate surface area is 93.7 Å². The van der Waals surface area contributed by atoms with Gasteiger partial charge in [-0.05, 0) is 19.3 Å². The number of unbranched alkanes of at least 4 members (excludes halogenated alkanes) is 1. The Kier molecular flexibility index (Phi) is 7.99. The van der Waals surface area contributed by atoms with Crippen LogP contribution in [0.5, 0.6) is 0 Å². The quantitative estimate of drug-likeness (QED) is 0.611. The largest absolute Gasteiger partial charge is 0.298 e. The van der Waals surface area contributed by atoms with Gasteiger partial charge in [-0.3, -0.25) is 4.79 Å². The molecule has 0 aromatic rings. The van der Waals surface area contributed by atoms with Crippen molar-refractivity contribution in [3.8, 4) is 6.07 Å². The van der Waals surface area contributed by atoms with Gasteiger partial charge in [0.2, 0.25) is 0 Å².